The lowest BCUT2D eigenvalue weighted by atomic mass is 9.96. The number of esters is 1. The first kappa shape index (κ1) is 22.9. The Bertz CT molecular complexity index is 1500. The van der Waals surface area contributed by atoms with E-state index >= 15 is 0 Å². The van der Waals surface area contributed by atoms with Gasteiger partial charge >= 0.3 is 5.97 Å². The van der Waals surface area contributed by atoms with Gasteiger partial charge in [0.15, 0.2) is 0 Å². The summed E-state index contributed by atoms with van der Waals surface area (Å²) >= 11 is 6.35. The molecule has 6 nitrogen and oxygen atoms in total. The summed E-state index contributed by atoms with van der Waals surface area (Å²) in [5, 5.41) is 6.64. The van der Waals surface area contributed by atoms with Crippen molar-refractivity contribution in [3.63, 3.8) is 0 Å². The standard InChI is InChI=1S/C28H24ClN3O3/c1-35-28(34)19-8-6-18(7-9-19)15-31-27(33)25-14-23(29)12-21-10-11-32(26(21)25)17-24-13-20-4-2-3-5-22(20)16-30-24/h2-6,8-14,16,18H,7,15,17H2,1H3,(H,31,33). The fourth-order valence-electron chi connectivity index (χ4n) is 4.41. The fourth-order valence-corrected chi connectivity index (χ4v) is 4.64. The normalized spacial score (nSPS) is 15.3. The molecule has 0 bridgehead atoms. The second kappa shape index (κ2) is 9.76. The third kappa shape index (κ3) is 4.84. The van der Waals surface area contributed by atoms with Crippen LogP contribution in [0, 0.1) is 5.92 Å². The minimum atomic E-state index is -0.355. The lowest BCUT2D eigenvalue weighted by molar-refractivity contribution is -0.135. The van der Waals surface area contributed by atoms with Gasteiger partial charge in [-0.05, 0) is 42.0 Å². The van der Waals surface area contributed by atoms with Crippen LogP contribution in [0.25, 0.3) is 21.7 Å². The molecule has 5 rings (SSSR count). The number of allylic oxidation sites excluding steroid dienone is 1. The monoisotopic (exact) mass is 485 g/mol. The van der Waals surface area contributed by atoms with Gasteiger partial charge < -0.3 is 14.6 Å². The van der Waals surface area contributed by atoms with E-state index in [2.05, 4.69) is 22.4 Å². The number of aromatic nitrogens is 2. The number of ether oxygens (including phenoxy) is 1. The Morgan fingerprint density at radius 2 is 1.97 bits per heavy atom. The molecule has 35 heavy (non-hydrogen) atoms. The topological polar surface area (TPSA) is 73.2 Å². The molecule has 1 aliphatic rings. The van der Waals surface area contributed by atoms with E-state index in [1.54, 1.807) is 12.1 Å². The molecule has 1 atom stereocenters. The van der Waals surface area contributed by atoms with Gasteiger partial charge in [0.2, 0.25) is 0 Å². The zero-order valence-electron chi connectivity index (χ0n) is 19.2. The number of carbonyl (C=O) groups is 2. The summed E-state index contributed by atoms with van der Waals surface area (Å²) in [6.45, 7) is 0.976. The summed E-state index contributed by atoms with van der Waals surface area (Å²) < 4.78 is 6.78. The van der Waals surface area contributed by atoms with Gasteiger partial charge in [0, 0.05) is 34.7 Å². The van der Waals surface area contributed by atoms with Crippen molar-refractivity contribution >= 4 is 45.2 Å². The van der Waals surface area contributed by atoms with Gasteiger partial charge in [-0.3, -0.25) is 9.78 Å². The number of nitrogens with one attached hydrogen (secondary N) is 1. The number of hydrogen-bond acceptors (Lipinski definition) is 4. The minimum absolute atomic E-state index is 0.0932. The number of carbonyl (C=O) groups excluding carboxylic acids is 2. The summed E-state index contributed by atoms with van der Waals surface area (Å²) in [5.74, 6) is -0.456. The Balaban J connectivity index is 1.36. The molecule has 2 aromatic carbocycles. The Morgan fingerprint density at radius 3 is 2.74 bits per heavy atom. The Hall–Kier alpha value is -3.90. The van der Waals surface area contributed by atoms with Gasteiger partial charge in [0.1, 0.15) is 0 Å². The lowest BCUT2D eigenvalue weighted by Crippen LogP contribution is -2.29. The summed E-state index contributed by atoms with van der Waals surface area (Å²) in [5.41, 5.74) is 2.77. The third-order valence-corrected chi connectivity index (χ3v) is 6.44. The van der Waals surface area contributed by atoms with E-state index in [1.165, 1.54) is 7.11 Å². The number of hydrogen-bond donors (Lipinski definition) is 1. The Labute approximate surface area is 207 Å². The van der Waals surface area contributed by atoms with Crippen molar-refractivity contribution in [1.82, 2.24) is 14.9 Å². The Morgan fingerprint density at radius 1 is 1.14 bits per heavy atom. The average Bonchev–Trinajstić information content (AvgIpc) is 3.28. The zero-order chi connectivity index (χ0) is 24.4. The van der Waals surface area contributed by atoms with Crippen LogP contribution in [0.2, 0.25) is 5.02 Å². The first-order chi connectivity index (χ1) is 17.0. The molecule has 0 aliphatic heterocycles. The SMILES string of the molecule is COC(=O)C1=CCC(CNC(=O)c2cc(Cl)cc3ccn(Cc4cc5ccccc5cn4)c23)C=C1. The maximum absolute atomic E-state index is 13.2. The van der Waals surface area contributed by atoms with Crippen LogP contribution in [0.1, 0.15) is 22.5 Å². The fraction of sp³-hybridized carbons (Fsp3) is 0.179. The van der Waals surface area contributed by atoms with E-state index in [4.69, 9.17) is 16.3 Å². The smallest absolute Gasteiger partial charge is 0.337 e. The summed E-state index contributed by atoms with van der Waals surface area (Å²) in [6.07, 6.45) is 9.98. The molecule has 0 saturated carbocycles. The van der Waals surface area contributed by atoms with Crippen molar-refractivity contribution < 1.29 is 14.3 Å². The number of nitrogens with zero attached hydrogens (tertiary/aromatic N) is 2. The molecule has 1 aliphatic carbocycles. The predicted molar refractivity (Wildman–Crippen MR) is 137 cm³/mol. The molecule has 176 valence electrons. The van der Waals surface area contributed by atoms with Gasteiger partial charge in [-0.1, -0.05) is 54.1 Å². The predicted octanol–water partition coefficient (Wildman–Crippen LogP) is 5.30. The number of benzene rings is 2. The third-order valence-electron chi connectivity index (χ3n) is 6.22. The average molecular weight is 486 g/mol. The first-order valence-corrected chi connectivity index (χ1v) is 11.8. The summed E-state index contributed by atoms with van der Waals surface area (Å²) in [6, 6.07) is 15.7. The molecule has 2 aromatic heterocycles. The largest absolute Gasteiger partial charge is 0.465 e. The maximum atomic E-state index is 13.2. The van der Waals surface area contributed by atoms with Gasteiger partial charge in [0.25, 0.3) is 5.91 Å². The van der Waals surface area contributed by atoms with Crippen LogP contribution in [-0.4, -0.2) is 35.1 Å². The van der Waals surface area contributed by atoms with Crippen LogP contribution in [0.5, 0.6) is 0 Å². The second-order valence-corrected chi connectivity index (χ2v) is 9.01. The van der Waals surface area contributed by atoms with Crippen LogP contribution in [-0.2, 0) is 16.1 Å². The number of fused-ring (bicyclic) bond motifs is 2. The first-order valence-electron chi connectivity index (χ1n) is 11.4. The van der Waals surface area contributed by atoms with Crippen LogP contribution < -0.4 is 5.32 Å². The number of halogens is 1. The maximum Gasteiger partial charge on any atom is 0.337 e. The molecular formula is C28H24ClN3O3. The molecule has 1 unspecified atom stereocenters. The van der Waals surface area contributed by atoms with Crippen molar-refractivity contribution in [1.29, 1.82) is 0 Å². The van der Waals surface area contributed by atoms with E-state index < -0.39 is 0 Å². The van der Waals surface area contributed by atoms with E-state index in [1.807, 2.05) is 59.4 Å². The Kier molecular flexibility index (Phi) is 6.38. The molecule has 2 heterocycles. The van der Waals surface area contributed by atoms with Gasteiger partial charge in [-0.25, -0.2) is 4.79 Å². The van der Waals surface area contributed by atoms with E-state index in [0.717, 1.165) is 27.4 Å². The second-order valence-electron chi connectivity index (χ2n) is 8.57. The highest BCUT2D eigenvalue weighted by Gasteiger charge is 2.18. The van der Waals surface area contributed by atoms with Gasteiger partial charge in [0.05, 0.1) is 36.0 Å². The van der Waals surface area contributed by atoms with E-state index in [9.17, 15) is 9.59 Å². The van der Waals surface area contributed by atoms with E-state index in [0.29, 0.717) is 35.7 Å². The summed E-state index contributed by atoms with van der Waals surface area (Å²) in [4.78, 5) is 29.5. The molecule has 0 radical (unpaired) electrons. The van der Waals surface area contributed by atoms with Crippen LogP contribution >= 0.6 is 11.6 Å². The molecular weight excluding hydrogens is 462 g/mol. The van der Waals surface area contributed by atoms with E-state index in [-0.39, 0.29) is 17.8 Å². The van der Waals surface area contributed by atoms with Crippen LogP contribution in [0.3, 0.4) is 0 Å². The molecule has 1 amide bonds. The van der Waals surface area contributed by atoms with Crippen molar-refractivity contribution in [3.8, 4) is 0 Å². The minimum Gasteiger partial charge on any atom is -0.465 e. The molecule has 4 aromatic rings. The molecule has 7 heteroatoms. The van der Waals surface area contributed by atoms with Crippen molar-refractivity contribution in [3.05, 3.63) is 101 Å². The van der Waals surface area contributed by atoms with Gasteiger partial charge in [-0.2, -0.15) is 0 Å². The number of rotatable bonds is 6. The highest BCUT2D eigenvalue weighted by molar-refractivity contribution is 6.32. The zero-order valence-corrected chi connectivity index (χ0v) is 20.0. The van der Waals surface area contributed by atoms with Crippen molar-refractivity contribution in [2.45, 2.75) is 13.0 Å². The number of methoxy groups -OCH3 is 1. The molecule has 0 fully saturated rings. The summed E-state index contributed by atoms with van der Waals surface area (Å²) in [7, 11) is 1.36. The van der Waals surface area contributed by atoms with Crippen LogP contribution in [0.15, 0.2) is 84.7 Å². The lowest BCUT2D eigenvalue weighted by Gasteiger charge is -2.17. The van der Waals surface area contributed by atoms with Crippen molar-refractivity contribution in [2.75, 3.05) is 13.7 Å². The molecule has 1 N–H and O–H groups in total. The molecule has 0 spiro atoms. The number of pyridine rings is 1. The quantitative estimate of drug-likeness (QED) is 0.376. The highest BCUT2D eigenvalue weighted by atomic mass is 35.5. The van der Waals surface area contributed by atoms with Gasteiger partial charge in [-0.15, -0.1) is 0 Å². The molecule has 0 saturated heterocycles. The number of amides is 1. The van der Waals surface area contributed by atoms with Crippen LogP contribution in [0.4, 0.5) is 0 Å². The van der Waals surface area contributed by atoms with Crippen molar-refractivity contribution in [2.24, 2.45) is 5.92 Å². The highest BCUT2D eigenvalue weighted by Crippen LogP contribution is 2.27.